The second kappa shape index (κ2) is 5.63. The smallest absolute Gasteiger partial charge is 0.236 e. The van der Waals surface area contributed by atoms with Crippen LogP contribution in [-0.2, 0) is 15.8 Å². The molecule has 0 radical (unpaired) electrons. The van der Waals surface area contributed by atoms with E-state index in [4.69, 9.17) is 5.73 Å². The second-order valence-electron chi connectivity index (χ2n) is 4.08. The predicted octanol–water partition coefficient (Wildman–Crippen LogP) is 2.97. The molecule has 3 N–H and O–H groups in total. The van der Waals surface area contributed by atoms with E-state index in [9.17, 15) is 8.42 Å². The Morgan fingerprint density at radius 1 is 1.05 bits per heavy atom. The van der Waals surface area contributed by atoms with Gasteiger partial charge in [-0.05, 0) is 45.8 Å². The summed E-state index contributed by atoms with van der Waals surface area (Å²) in [6.07, 6.45) is 0. The molecule has 19 heavy (non-hydrogen) atoms. The summed E-state index contributed by atoms with van der Waals surface area (Å²) < 4.78 is 27.3. The third-order valence-corrected chi connectivity index (χ3v) is 4.41. The first kappa shape index (κ1) is 13.9. The summed E-state index contributed by atoms with van der Waals surface area (Å²) in [6, 6.07) is 13.8. The Balaban J connectivity index is 2.15. The molecule has 0 bridgehead atoms. The standard InChI is InChI=1S/C13H13BrN2O2S/c14-12-3-1-2-4-13(12)16-19(17,18)9-10-5-7-11(15)8-6-10/h1-8,16H,9,15H2. The fourth-order valence-electron chi connectivity index (χ4n) is 1.58. The molecule has 0 fully saturated rings. The number of halogens is 1. The first-order chi connectivity index (χ1) is 8.96. The maximum absolute atomic E-state index is 12.0. The zero-order chi connectivity index (χ0) is 13.9. The maximum atomic E-state index is 12.0. The van der Waals surface area contributed by atoms with Crippen LogP contribution in [0.4, 0.5) is 11.4 Å². The van der Waals surface area contributed by atoms with Gasteiger partial charge in [0.15, 0.2) is 0 Å². The van der Waals surface area contributed by atoms with E-state index in [1.165, 1.54) is 0 Å². The van der Waals surface area contributed by atoms with Crippen LogP contribution in [0.5, 0.6) is 0 Å². The van der Waals surface area contributed by atoms with Crippen molar-refractivity contribution in [1.82, 2.24) is 0 Å². The van der Waals surface area contributed by atoms with Crippen molar-refractivity contribution in [3.63, 3.8) is 0 Å². The lowest BCUT2D eigenvalue weighted by atomic mass is 10.2. The lowest BCUT2D eigenvalue weighted by Crippen LogP contribution is -2.15. The van der Waals surface area contributed by atoms with Crippen LogP contribution in [-0.4, -0.2) is 8.42 Å². The molecule has 0 amide bonds. The number of para-hydroxylation sites is 1. The Morgan fingerprint density at radius 3 is 2.32 bits per heavy atom. The van der Waals surface area contributed by atoms with E-state index in [0.29, 0.717) is 21.4 Å². The zero-order valence-corrected chi connectivity index (χ0v) is 12.4. The molecule has 0 atom stereocenters. The van der Waals surface area contributed by atoms with Gasteiger partial charge in [0.25, 0.3) is 0 Å². The Morgan fingerprint density at radius 2 is 1.68 bits per heavy atom. The van der Waals surface area contributed by atoms with Gasteiger partial charge in [-0.15, -0.1) is 0 Å². The number of anilines is 2. The van der Waals surface area contributed by atoms with Gasteiger partial charge in [-0.3, -0.25) is 4.72 Å². The van der Waals surface area contributed by atoms with Crippen LogP contribution >= 0.6 is 15.9 Å². The summed E-state index contributed by atoms with van der Waals surface area (Å²) in [5.74, 6) is -0.0887. The highest BCUT2D eigenvalue weighted by Gasteiger charge is 2.13. The quantitative estimate of drug-likeness (QED) is 0.840. The maximum Gasteiger partial charge on any atom is 0.236 e. The van der Waals surface area contributed by atoms with Crippen molar-refractivity contribution in [1.29, 1.82) is 0 Å². The number of benzene rings is 2. The van der Waals surface area contributed by atoms with Gasteiger partial charge in [-0.1, -0.05) is 24.3 Å². The van der Waals surface area contributed by atoms with E-state index in [-0.39, 0.29) is 5.75 Å². The number of hydrogen-bond donors (Lipinski definition) is 2. The molecule has 0 heterocycles. The van der Waals surface area contributed by atoms with Gasteiger partial charge >= 0.3 is 0 Å². The SMILES string of the molecule is Nc1ccc(CS(=O)(=O)Nc2ccccc2Br)cc1. The van der Waals surface area contributed by atoms with E-state index >= 15 is 0 Å². The summed E-state index contributed by atoms with van der Waals surface area (Å²) in [4.78, 5) is 0. The molecule has 4 nitrogen and oxygen atoms in total. The normalized spacial score (nSPS) is 11.2. The molecule has 0 aliphatic heterocycles. The van der Waals surface area contributed by atoms with Crippen molar-refractivity contribution in [3.05, 3.63) is 58.6 Å². The van der Waals surface area contributed by atoms with E-state index < -0.39 is 10.0 Å². The molecule has 0 aromatic heterocycles. The molecular weight excluding hydrogens is 328 g/mol. The number of rotatable bonds is 4. The minimum absolute atomic E-state index is 0.0887. The number of hydrogen-bond acceptors (Lipinski definition) is 3. The molecule has 0 saturated heterocycles. The van der Waals surface area contributed by atoms with Crippen LogP contribution in [0.3, 0.4) is 0 Å². The van der Waals surface area contributed by atoms with Gasteiger partial charge in [0.1, 0.15) is 0 Å². The van der Waals surface area contributed by atoms with Crippen LogP contribution in [0.15, 0.2) is 53.0 Å². The largest absolute Gasteiger partial charge is 0.399 e. The monoisotopic (exact) mass is 340 g/mol. The highest BCUT2D eigenvalue weighted by atomic mass is 79.9. The molecule has 0 aliphatic rings. The number of nitrogens with one attached hydrogen (secondary N) is 1. The molecule has 0 aliphatic carbocycles. The third-order valence-electron chi connectivity index (χ3n) is 2.48. The Bertz CT molecular complexity index is 669. The fraction of sp³-hybridized carbons (Fsp3) is 0.0769. The molecule has 2 aromatic rings. The summed E-state index contributed by atoms with van der Waals surface area (Å²) in [7, 11) is -3.44. The van der Waals surface area contributed by atoms with Crippen molar-refractivity contribution < 1.29 is 8.42 Å². The zero-order valence-electron chi connectivity index (χ0n) is 10.0. The third kappa shape index (κ3) is 3.97. The first-order valence-electron chi connectivity index (χ1n) is 5.56. The Kier molecular flexibility index (Phi) is 4.11. The van der Waals surface area contributed by atoms with Crippen LogP contribution < -0.4 is 10.5 Å². The molecule has 2 rings (SSSR count). The van der Waals surface area contributed by atoms with Crippen LogP contribution in [0.25, 0.3) is 0 Å². The van der Waals surface area contributed by atoms with E-state index in [0.717, 1.165) is 0 Å². The van der Waals surface area contributed by atoms with Gasteiger partial charge in [-0.2, -0.15) is 0 Å². The molecule has 2 aromatic carbocycles. The minimum atomic E-state index is -3.44. The number of nitrogens with two attached hydrogens (primary N) is 1. The minimum Gasteiger partial charge on any atom is -0.399 e. The fourth-order valence-corrected chi connectivity index (χ4v) is 3.31. The predicted molar refractivity (Wildman–Crippen MR) is 81.2 cm³/mol. The molecule has 100 valence electrons. The lowest BCUT2D eigenvalue weighted by molar-refractivity contribution is 0.600. The molecule has 0 saturated carbocycles. The van der Waals surface area contributed by atoms with Gasteiger partial charge in [0.2, 0.25) is 10.0 Å². The van der Waals surface area contributed by atoms with Crippen LogP contribution in [0, 0.1) is 0 Å². The molecule has 0 unspecified atom stereocenters. The Hall–Kier alpha value is -1.53. The van der Waals surface area contributed by atoms with E-state index in [2.05, 4.69) is 20.7 Å². The summed E-state index contributed by atoms with van der Waals surface area (Å²) in [5, 5.41) is 0. The highest BCUT2D eigenvalue weighted by molar-refractivity contribution is 9.10. The van der Waals surface area contributed by atoms with E-state index in [1.807, 2.05) is 6.07 Å². The topological polar surface area (TPSA) is 72.2 Å². The van der Waals surface area contributed by atoms with Gasteiger partial charge in [0, 0.05) is 10.2 Å². The van der Waals surface area contributed by atoms with Crippen molar-refractivity contribution in [3.8, 4) is 0 Å². The van der Waals surface area contributed by atoms with Crippen molar-refractivity contribution >= 4 is 37.3 Å². The van der Waals surface area contributed by atoms with Crippen molar-refractivity contribution in [2.45, 2.75) is 5.75 Å². The lowest BCUT2D eigenvalue weighted by Gasteiger charge is -2.09. The number of nitrogen functional groups attached to an aromatic ring is 1. The van der Waals surface area contributed by atoms with Gasteiger partial charge in [0.05, 0.1) is 11.4 Å². The molecular formula is C13H13BrN2O2S. The van der Waals surface area contributed by atoms with Gasteiger partial charge in [-0.25, -0.2) is 8.42 Å². The summed E-state index contributed by atoms with van der Waals surface area (Å²) in [5.41, 5.74) is 7.39. The number of sulfonamides is 1. The highest BCUT2D eigenvalue weighted by Crippen LogP contribution is 2.23. The van der Waals surface area contributed by atoms with Crippen molar-refractivity contribution in [2.75, 3.05) is 10.5 Å². The van der Waals surface area contributed by atoms with Crippen molar-refractivity contribution in [2.24, 2.45) is 0 Å². The molecule has 6 heteroatoms. The molecule has 0 spiro atoms. The first-order valence-corrected chi connectivity index (χ1v) is 8.00. The van der Waals surface area contributed by atoms with Crippen LogP contribution in [0.1, 0.15) is 5.56 Å². The van der Waals surface area contributed by atoms with E-state index in [1.54, 1.807) is 42.5 Å². The Labute approximate surface area is 120 Å². The average molecular weight is 341 g/mol. The summed E-state index contributed by atoms with van der Waals surface area (Å²) >= 11 is 3.30. The average Bonchev–Trinajstić information content (AvgIpc) is 2.35. The summed E-state index contributed by atoms with van der Waals surface area (Å²) in [6.45, 7) is 0. The van der Waals surface area contributed by atoms with Crippen LogP contribution in [0.2, 0.25) is 0 Å². The van der Waals surface area contributed by atoms with Gasteiger partial charge < -0.3 is 5.73 Å². The second-order valence-corrected chi connectivity index (χ2v) is 6.66.